The van der Waals surface area contributed by atoms with Crippen LogP contribution in [0.3, 0.4) is 0 Å². The van der Waals surface area contributed by atoms with Gasteiger partial charge < -0.3 is 19.9 Å². The van der Waals surface area contributed by atoms with Gasteiger partial charge in [0.2, 0.25) is 0 Å². The third-order valence-electron chi connectivity index (χ3n) is 5.49. The molecular weight excluding hydrogens is 456 g/mol. The van der Waals surface area contributed by atoms with E-state index in [1.54, 1.807) is 24.3 Å². The van der Waals surface area contributed by atoms with Crippen LogP contribution in [0.25, 0.3) is 16.8 Å². The van der Waals surface area contributed by atoms with E-state index in [0.29, 0.717) is 23.7 Å². The number of ether oxygens (including phenoxy) is 2. The Bertz CT molecular complexity index is 1510. The fourth-order valence-electron chi connectivity index (χ4n) is 3.71. The number of methoxy groups -OCH3 is 1. The number of fused-ring (bicyclic) bond motifs is 1. The summed E-state index contributed by atoms with van der Waals surface area (Å²) in [4.78, 5) is 23.8. The number of nitrogens with one attached hydrogen (secondary N) is 1. The molecule has 0 bridgehead atoms. The maximum Gasteiger partial charge on any atom is 0.335 e. The van der Waals surface area contributed by atoms with E-state index in [-0.39, 0.29) is 16.8 Å². The second-order valence-electron chi connectivity index (χ2n) is 7.85. The number of amides is 1. The molecule has 0 aliphatic carbocycles. The normalized spacial score (nSPS) is 10.9. The van der Waals surface area contributed by atoms with Crippen molar-refractivity contribution in [3.8, 4) is 17.6 Å². The number of carboxylic acids is 1. The molecule has 4 rings (SSSR count). The number of nitrogens with zero attached hydrogens (tertiary/aromatic N) is 1. The number of benzene rings is 4. The molecule has 178 valence electrons. The van der Waals surface area contributed by atoms with Gasteiger partial charge in [-0.1, -0.05) is 54.6 Å². The van der Waals surface area contributed by atoms with Crippen LogP contribution in [0.2, 0.25) is 0 Å². The zero-order valence-electron chi connectivity index (χ0n) is 19.4. The number of anilines is 1. The molecule has 1 amide bonds. The lowest BCUT2D eigenvalue weighted by Crippen LogP contribution is -2.14. The van der Waals surface area contributed by atoms with Gasteiger partial charge in [-0.15, -0.1) is 0 Å². The number of hydrogen-bond donors (Lipinski definition) is 2. The molecule has 2 N–H and O–H groups in total. The number of hydrogen-bond acceptors (Lipinski definition) is 5. The minimum absolute atomic E-state index is 0.0270. The monoisotopic (exact) mass is 478 g/mol. The first kappa shape index (κ1) is 24.0. The average molecular weight is 479 g/mol. The molecule has 0 aliphatic rings. The van der Waals surface area contributed by atoms with Gasteiger partial charge in [0.1, 0.15) is 18.2 Å². The summed E-state index contributed by atoms with van der Waals surface area (Å²) in [5.41, 5.74) is 1.75. The number of carbonyl (C=O) groups excluding carboxylic acids is 1. The van der Waals surface area contributed by atoms with Gasteiger partial charge in [0, 0.05) is 5.69 Å². The SMILES string of the molecule is COc1cc(/C=C(/C#N)C(=O)Nc2cccc(C(=O)O)c2)ccc1OCc1cccc2ccccc12. The molecule has 4 aromatic rings. The van der Waals surface area contributed by atoms with Crippen LogP contribution in [0.4, 0.5) is 5.69 Å². The van der Waals surface area contributed by atoms with Gasteiger partial charge in [-0.25, -0.2) is 4.79 Å². The Morgan fingerprint density at radius 1 is 0.972 bits per heavy atom. The van der Waals surface area contributed by atoms with Crippen molar-refractivity contribution in [1.82, 2.24) is 0 Å². The van der Waals surface area contributed by atoms with Gasteiger partial charge in [0.15, 0.2) is 11.5 Å². The summed E-state index contributed by atoms with van der Waals surface area (Å²) in [5, 5.41) is 23.4. The largest absolute Gasteiger partial charge is 0.493 e. The molecule has 0 aromatic heterocycles. The number of nitriles is 1. The van der Waals surface area contributed by atoms with E-state index in [4.69, 9.17) is 14.6 Å². The number of aromatic carboxylic acids is 1. The van der Waals surface area contributed by atoms with Crippen LogP contribution in [-0.4, -0.2) is 24.1 Å². The molecular formula is C29H22N2O5. The van der Waals surface area contributed by atoms with Gasteiger partial charge in [-0.05, 0) is 58.3 Å². The van der Waals surface area contributed by atoms with E-state index in [0.717, 1.165) is 16.3 Å². The molecule has 0 unspecified atom stereocenters. The van der Waals surface area contributed by atoms with Crippen LogP contribution in [-0.2, 0) is 11.4 Å². The summed E-state index contributed by atoms with van der Waals surface area (Å²) in [6, 6.07) is 26.9. The molecule has 0 atom stereocenters. The summed E-state index contributed by atoms with van der Waals surface area (Å²) >= 11 is 0. The number of rotatable bonds is 8. The van der Waals surface area contributed by atoms with Crippen molar-refractivity contribution in [1.29, 1.82) is 5.26 Å². The van der Waals surface area contributed by atoms with Gasteiger partial charge >= 0.3 is 5.97 Å². The predicted octanol–water partition coefficient (Wildman–Crippen LogP) is 5.67. The molecule has 36 heavy (non-hydrogen) atoms. The molecule has 4 aromatic carbocycles. The fraction of sp³-hybridized carbons (Fsp3) is 0.0690. The Morgan fingerprint density at radius 2 is 1.75 bits per heavy atom. The maximum atomic E-state index is 12.6. The van der Waals surface area contributed by atoms with Crippen LogP contribution in [0.1, 0.15) is 21.5 Å². The highest BCUT2D eigenvalue weighted by Gasteiger charge is 2.13. The van der Waals surface area contributed by atoms with Crippen molar-refractivity contribution in [3.05, 3.63) is 107 Å². The highest BCUT2D eigenvalue weighted by Crippen LogP contribution is 2.30. The van der Waals surface area contributed by atoms with E-state index in [1.807, 2.05) is 48.5 Å². The Balaban J connectivity index is 1.51. The summed E-state index contributed by atoms with van der Waals surface area (Å²) in [6.07, 6.45) is 1.42. The standard InChI is InChI=1S/C29H22N2O5/c1-35-27-15-19(14-23(17-30)28(32)31-24-10-5-8-21(16-24)29(33)34)12-13-26(27)36-18-22-9-4-7-20-6-2-3-11-25(20)22/h2-16H,18H2,1H3,(H,31,32)(H,33,34)/b23-14-. The molecule has 0 heterocycles. The van der Waals surface area contributed by atoms with Crippen molar-refractivity contribution in [3.63, 3.8) is 0 Å². The summed E-state index contributed by atoms with van der Waals surface area (Å²) < 4.78 is 11.5. The molecule has 0 aliphatic heterocycles. The van der Waals surface area contributed by atoms with E-state index in [2.05, 4.69) is 5.32 Å². The van der Waals surface area contributed by atoms with Gasteiger partial charge in [-0.3, -0.25) is 4.79 Å². The molecule has 7 nitrogen and oxygen atoms in total. The summed E-state index contributed by atoms with van der Waals surface area (Å²) in [5.74, 6) is -0.792. The van der Waals surface area contributed by atoms with E-state index >= 15 is 0 Å². The Labute approximate surface area is 207 Å². The zero-order valence-corrected chi connectivity index (χ0v) is 19.4. The molecule has 0 spiro atoms. The summed E-state index contributed by atoms with van der Waals surface area (Å²) in [6.45, 7) is 0.341. The van der Waals surface area contributed by atoms with Crippen molar-refractivity contribution in [2.75, 3.05) is 12.4 Å². The maximum absolute atomic E-state index is 12.6. The van der Waals surface area contributed by atoms with Crippen molar-refractivity contribution >= 4 is 34.4 Å². The van der Waals surface area contributed by atoms with Crippen LogP contribution in [0.15, 0.2) is 90.5 Å². The lowest BCUT2D eigenvalue weighted by Gasteiger charge is -2.13. The van der Waals surface area contributed by atoms with E-state index in [1.165, 1.54) is 31.4 Å². The molecule has 7 heteroatoms. The van der Waals surface area contributed by atoms with Crippen LogP contribution in [0, 0.1) is 11.3 Å². The van der Waals surface area contributed by atoms with Crippen LogP contribution < -0.4 is 14.8 Å². The number of carbonyl (C=O) groups is 2. The lowest BCUT2D eigenvalue weighted by molar-refractivity contribution is -0.112. The van der Waals surface area contributed by atoms with Crippen LogP contribution in [0.5, 0.6) is 11.5 Å². The van der Waals surface area contributed by atoms with Crippen LogP contribution >= 0.6 is 0 Å². The lowest BCUT2D eigenvalue weighted by atomic mass is 10.1. The number of carboxylic acid groups (broad SMARTS) is 1. The Hall–Kier alpha value is -5.09. The van der Waals surface area contributed by atoms with Crippen molar-refractivity contribution in [2.24, 2.45) is 0 Å². The Kier molecular flexibility index (Phi) is 7.28. The van der Waals surface area contributed by atoms with Crippen molar-refractivity contribution in [2.45, 2.75) is 6.61 Å². The quantitative estimate of drug-likeness (QED) is 0.249. The molecule has 0 saturated carbocycles. The fourth-order valence-corrected chi connectivity index (χ4v) is 3.71. The third-order valence-corrected chi connectivity index (χ3v) is 5.49. The highest BCUT2D eigenvalue weighted by molar-refractivity contribution is 6.10. The Morgan fingerprint density at radius 3 is 2.53 bits per heavy atom. The minimum atomic E-state index is -1.11. The molecule has 0 saturated heterocycles. The molecule has 0 fully saturated rings. The first-order chi connectivity index (χ1) is 17.5. The predicted molar refractivity (Wildman–Crippen MR) is 137 cm³/mol. The summed E-state index contributed by atoms with van der Waals surface area (Å²) in [7, 11) is 1.51. The first-order valence-electron chi connectivity index (χ1n) is 11.0. The topological polar surface area (TPSA) is 109 Å². The van der Waals surface area contributed by atoms with E-state index < -0.39 is 11.9 Å². The highest BCUT2D eigenvalue weighted by atomic mass is 16.5. The second kappa shape index (κ2) is 10.9. The minimum Gasteiger partial charge on any atom is -0.493 e. The van der Waals surface area contributed by atoms with Crippen molar-refractivity contribution < 1.29 is 24.2 Å². The first-order valence-corrected chi connectivity index (χ1v) is 11.0. The van der Waals surface area contributed by atoms with Gasteiger partial charge in [0.05, 0.1) is 12.7 Å². The smallest absolute Gasteiger partial charge is 0.335 e. The van der Waals surface area contributed by atoms with E-state index in [9.17, 15) is 14.9 Å². The average Bonchev–Trinajstić information content (AvgIpc) is 2.90. The second-order valence-corrected chi connectivity index (χ2v) is 7.85. The van der Waals surface area contributed by atoms with Gasteiger partial charge in [-0.2, -0.15) is 5.26 Å². The zero-order chi connectivity index (χ0) is 25.5. The van der Waals surface area contributed by atoms with Gasteiger partial charge in [0.25, 0.3) is 5.91 Å². The third kappa shape index (κ3) is 5.51. The molecule has 0 radical (unpaired) electrons.